The summed E-state index contributed by atoms with van der Waals surface area (Å²) in [6.07, 6.45) is 8.90. The molecule has 1 unspecified atom stereocenters. The van der Waals surface area contributed by atoms with Crippen molar-refractivity contribution in [3.8, 4) is 0 Å². The Labute approximate surface area is 112 Å². The van der Waals surface area contributed by atoms with Gasteiger partial charge in [-0.15, -0.1) is 0 Å². The van der Waals surface area contributed by atoms with Crippen molar-refractivity contribution < 1.29 is 0 Å². The maximum absolute atomic E-state index is 5.98. The quantitative estimate of drug-likeness (QED) is 0.611. The van der Waals surface area contributed by atoms with Crippen molar-refractivity contribution in [1.82, 2.24) is 4.90 Å². The predicted octanol–water partition coefficient (Wildman–Crippen LogP) is 2.97. The molecule has 0 bridgehead atoms. The van der Waals surface area contributed by atoms with Crippen LogP contribution in [0.5, 0.6) is 0 Å². The molecule has 0 saturated heterocycles. The van der Waals surface area contributed by atoms with Gasteiger partial charge in [0.15, 0.2) is 0 Å². The second-order valence-electron chi connectivity index (χ2n) is 5.68. The normalized spacial score (nSPS) is 18.0. The number of thioether (sulfide) groups is 1. The lowest BCUT2D eigenvalue weighted by Crippen LogP contribution is -2.43. The molecule has 1 atom stereocenters. The Morgan fingerprint density at radius 2 is 2.00 bits per heavy atom. The zero-order valence-electron chi connectivity index (χ0n) is 11.8. The van der Waals surface area contributed by atoms with Crippen LogP contribution in [-0.4, -0.2) is 42.1 Å². The summed E-state index contributed by atoms with van der Waals surface area (Å²) in [5, 5.41) is 0. The van der Waals surface area contributed by atoms with E-state index in [1.807, 2.05) is 11.8 Å². The first kappa shape index (κ1) is 15.3. The van der Waals surface area contributed by atoms with Crippen molar-refractivity contribution in [1.29, 1.82) is 0 Å². The smallest absolute Gasteiger partial charge is 0.0221 e. The first-order chi connectivity index (χ1) is 8.19. The fourth-order valence-corrected chi connectivity index (χ4v) is 2.81. The lowest BCUT2D eigenvalue weighted by Gasteiger charge is -2.31. The first-order valence-electron chi connectivity index (χ1n) is 7.13. The molecule has 2 nitrogen and oxygen atoms in total. The summed E-state index contributed by atoms with van der Waals surface area (Å²) >= 11 is 1.95. The molecule has 3 heteroatoms. The summed E-state index contributed by atoms with van der Waals surface area (Å²) in [7, 11) is 0. The van der Waals surface area contributed by atoms with Crippen LogP contribution in [0, 0.1) is 5.92 Å². The summed E-state index contributed by atoms with van der Waals surface area (Å²) in [4.78, 5) is 2.71. The Morgan fingerprint density at radius 1 is 1.29 bits per heavy atom. The Morgan fingerprint density at radius 3 is 2.47 bits per heavy atom. The van der Waals surface area contributed by atoms with Gasteiger partial charge in [0.05, 0.1) is 0 Å². The monoisotopic (exact) mass is 258 g/mol. The van der Waals surface area contributed by atoms with Crippen molar-refractivity contribution in [3.63, 3.8) is 0 Å². The maximum Gasteiger partial charge on any atom is 0.0221 e. The van der Waals surface area contributed by atoms with Gasteiger partial charge in [-0.3, -0.25) is 4.90 Å². The van der Waals surface area contributed by atoms with E-state index in [9.17, 15) is 0 Å². The average molecular weight is 258 g/mol. The molecule has 0 heterocycles. The molecule has 1 rings (SSSR count). The van der Waals surface area contributed by atoms with E-state index in [1.165, 1.54) is 44.4 Å². The third-order valence-electron chi connectivity index (χ3n) is 3.61. The number of hydrogen-bond donors (Lipinski definition) is 1. The van der Waals surface area contributed by atoms with Crippen molar-refractivity contribution in [2.75, 3.05) is 25.1 Å². The lowest BCUT2D eigenvalue weighted by molar-refractivity contribution is 0.171. The van der Waals surface area contributed by atoms with Gasteiger partial charge < -0.3 is 5.73 Å². The molecule has 0 amide bonds. The third kappa shape index (κ3) is 6.12. The number of nitrogens with zero attached hydrogens (tertiary/aromatic N) is 1. The van der Waals surface area contributed by atoms with E-state index in [0.29, 0.717) is 6.04 Å². The van der Waals surface area contributed by atoms with Crippen LogP contribution in [0.4, 0.5) is 0 Å². The Hall–Kier alpha value is 0.270. The fraction of sp³-hybridized carbons (Fsp3) is 1.00. The molecule has 1 fully saturated rings. The second kappa shape index (κ2) is 8.39. The minimum absolute atomic E-state index is 0.633. The van der Waals surface area contributed by atoms with Gasteiger partial charge in [0, 0.05) is 18.6 Å². The van der Waals surface area contributed by atoms with E-state index in [4.69, 9.17) is 5.73 Å². The molecule has 1 aliphatic rings. The average Bonchev–Trinajstić information content (AvgIpc) is 3.11. The Kier molecular flexibility index (Phi) is 7.56. The van der Waals surface area contributed by atoms with Crippen molar-refractivity contribution in [3.05, 3.63) is 0 Å². The van der Waals surface area contributed by atoms with Crippen LogP contribution >= 0.6 is 11.8 Å². The molecule has 0 aromatic carbocycles. The van der Waals surface area contributed by atoms with Gasteiger partial charge in [-0.1, -0.05) is 13.8 Å². The van der Waals surface area contributed by atoms with Gasteiger partial charge in [-0.25, -0.2) is 0 Å². The molecule has 0 aromatic heterocycles. The van der Waals surface area contributed by atoms with Crippen LogP contribution in [0.15, 0.2) is 0 Å². The minimum atomic E-state index is 0.633. The van der Waals surface area contributed by atoms with Crippen LogP contribution in [0.3, 0.4) is 0 Å². The summed E-state index contributed by atoms with van der Waals surface area (Å²) in [5.74, 6) is 2.08. The minimum Gasteiger partial charge on any atom is -0.329 e. The summed E-state index contributed by atoms with van der Waals surface area (Å²) in [6, 6.07) is 1.49. The molecule has 0 spiro atoms. The van der Waals surface area contributed by atoms with Gasteiger partial charge in [-0.2, -0.15) is 11.8 Å². The van der Waals surface area contributed by atoms with E-state index in [2.05, 4.69) is 25.0 Å². The van der Waals surface area contributed by atoms with Crippen molar-refractivity contribution >= 4 is 11.8 Å². The van der Waals surface area contributed by atoms with E-state index < -0.39 is 0 Å². The maximum atomic E-state index is 5.98. The van der Waals surface area contributed by atoms with Gasteiger partial charge >= 0.3 is 0 Å². The number of rotatable bonds is 10. The zero-order valence-corrected chi connectivity index (χ0v) is 12.6. The highest BCUT2D eigenvalue weighted by atomic mass is 32.2. The van der Waals surface area contributed by atoms with Crippen LogP contribution in [0.1, 0.15) is 46.0 Å². The van der Waals surface area contributed by atoms with Gasteiger partial charge in [-0.05, 0) is 56.6 Å². The van der Waals surface area contributed by atoms with Crippen LogP contribution < -0.4 is 5.73 Å². The van der Waals surface area contributed by atoms with Crippen molar-refractivity contribution in [2.24, 2.45) is 11.7 Å². The predicted molar refractivity (Wildman–Crippen MR) is 79.6 cm³/mol. The Bertz CT molecular complexity index is 193. The topological polar surface area (TPSA) is 29.3 Å². The van der Waals surface area contributed by atoms with Crippen molar-refractivity contribution in [2.45, 2.75) is 58.0 Å². The standard InChI is InChI=1S/C14H30N2S/c1-12(2)8-9-16(13-6-7-13)14(11-15)5-4-10-17-3/h12-14H,4-11,15H2,1-3H3. The van der Waals surface area contributed by atoms with E-state index in [-0.39, 0.29) is 0 Å². The number of hydrogen-bond acceptors (Lipinski definition) is 3. The summed E-state index contributed by atoms with van der Waals surface area (Å²) in [6.45, 7) is 6.72. The molecular formula is C14H30N2S. The molecule has 102 valence electrons. The van der Waals surface area contributed by atoms with Crippen LogP contribution in [0.25, 0.3) is 0 Å². The summed E-state index contributed by atoms with van der Waals surface area (Å²) < 4.78 is 0. The highest BCUT2D eigenvalue weighted by Crippen LogP contribution is 2.30. The summed E-state index contributed by atoms with van der Waals surface area (Å²) in [5.41, 5.74) is 5.98. The molecule has 0 aromatic rings. The van der Waals surface area contributed by atoms with Crippen LogP contribution in [-0.2, 0) is 0 Å². The van der Waals surface area contributed by atoms with E-state index in [1.54, 1.807) is 0 Å². The third-order valence-corrected chi connectivity index (χ3v) is 4.30. The molecule has 17 heavy (non-hydrogen) atoms. The fourth-order valence-electron chi connectivity index (χ4n) is 2.36. The molecule has 0 radical (unpaired) electrons. The molecule has 2 N–H and O–H groups in total. The second-order valence-corrected chi connectivity index (χ2v) is 6.66. The van der Waals surface area contributed by atoms with E-state index >= 15 is 0 Å². The van der Waals surface area contributed by atoms with Crippen LogP contribution in [0.2, 0.25) is 0 Å². The highest BCUT2D eigenvalue weighted by molar-refractivity contribution is 7.98. The van der Waals surface area contributed by atoms with Gasteiger partial charge in [0.1, 0.15) is 0 Å². The number of nitrogens with two attached hydrogens (primary N) is 1. The SMILES string of the molecule is CSCCCC(CN)N(CCC(C)C)C1CC1. The molecule has 0 aliphatic heterocycles. The first-order valence-corrected chi connectivity index (χ1v) is 8.53. The molecule has 1 aliphatic carbocycles. The lowest BCUT2D eigenvalue weighted by atomic mass is 10.1. The zero-order chi connectivity index (χ0) is 12.7. The Balaban J connectivity index is 2.36. The van der Waals surface area contributed by atoms with Gasteiger partial charge in [0.25, 0.3) is 0 Å². The highest BCUT2D eigenvalue weighted by Gasteiger charge is 2.32. The van der Waals surface area contributed by atoms with E-state index in [0.717, 1.165) is 18.5 Å². The van der Waals surface area contributed by atoms with Gasteiger partial charge in [0.2, 0.25) is 0 Å². The molecule has 1 saturated carbocycles. The molecular weight excluding hydrogens is 228 g/mol. The largest absolute Gasteiger partial charge is 0.329 e.